The van der Waals surface area contributed by atoms with E-state index in [0.717, 1.165) is 12.8 Å². The van der Waals surface area contributed by atoms with Crippen LogP contribution in [0.25, 0.3) is 0 Å². The van der Waals surface area contributed by atoms with Gasteiger partial charge in [0.25, 0.3) is 0 Å². The van der Waals surface area contributed by atoms with Crippen molar-refractivity contribution in [3.8, 4) is 6.07 Å². The molecule has 0 aromatic carbocycles. The fourth-order valence-electron chi connectivity index (χ4n) is 4.38. The first kappa shape index (κ1) is 11.5. The highest BCUT2D eigenvalue weighted by molar-refractivity contribution is 7.91. The van der Waals surface area contributed by atoms with Gasteiger partial charge in [-0.15, -0.1) is 0 Å². The molecule has 3 rings (SSSR count). The van der Waals surface area contributed by atoms with E-state index in [1.807, 2.05) is 0 Å². The van der Waals surface area contributed by atoms with Crippen molar-refractivity contribution in [2.45, 2.75) is 12.8 Å². The quantitative estimate of drug-likeness (QED) is 0.733. The first-order valence-electron chi connectivity index (χ1n) is 6.11. The van der Waals surface area contributed by atoms with Crippen LogP contribution in [0.1, 0.15) is 12.8 Å². The van der Waals surface area contributed by atoms with E-state index < -0.39 is 9.84 Å². The Morgan fingerprint density at radius 3 is 2.18 bits per heavy atom. The highest BCUT2D eigenvalue weighted by Gasteiger charge is 2.63. The second-order valence-corrected chi connectivity index (χ2v) is 8.12. The molecule has 4 nitrogen and oxygen atoms in total. The maximum Gasteiger partial charge on any atom is 0.150 e. The molecule has 0 amide bonds. The van der Waals surface area contributed by atoms with Crippen LogP contribution in [0.15, 0.2) is 0 Å². The van der Waals surface area contributed by atoms with Crippen LogP contribution >= 0.6 is 0 Å². The molecule has 17 heavy (non-hydrogen) atoms. The van der Waals surface area contributed by atoms with Gasteiger partial charge < -0.3 is 4.74 Å². The molecule has 94 valence electrons. The minimum Gasteiger partial charge on any atom is -0.383 e. The molecule has 0 aromatic rings. The van der Waals surface area contributed by atoms with Crippen LogP contribution in [-0.2, 0) is 14.6 Å². The number of hydrogen-bond acceptors (Lipinski definition) is 4. The third-order valence-electron chi connectivity index (χ3n) is 5.00. The molecule has 4 atom stereocenters. The SMILES string of the molecule is COCC1(C#N)C[C@@H]2[C@@H](C1)[C@@H]1CS(=O)(=O)C[C@@H]21. The number of hydrogen-bond donors (Lipinski definition) is 0. The van der Waals surface area contributed by atoms with Gasteiger partial charge in [0.2, 0.25) is 0 Å². The average Bonchev–Trinajstić information content (AvgIpc) is 2.74. The lowest BCUT2D eigenvalue weighted by molar-refractivity contribution is 0.0462. The summed E-state index contributed by atoms with van der Waals surface area (Å²) in [6, 6.07) is 2.41. The molecular weight excluding hydrogens is 238 g/mol. The summed E-state index contributed by atoms with van der Waals surface area (Å²) in [5.41, 5.74) is -0.349. The summed E-state index contributed by atoms with van der Waals surface area (Å²) in [6.45, 7) is 0.489. The summed E-state index contributed by atoms with van der Waals surface area (Å²) < 4.78 is 28.3. The van der Waals surface area contributed by atoms with E-state index in [2.05, 4.69) is 6.07 Å². The summed E-state index contributed by atoms with van der Waals surface area (Å²) in [5.74, 6) is 2.27. The smallest absolute Gasteiger partial charge is 0.150 e. The second kappa shape index (κ2) is 3.46. The maximum atomic E-state index is 11.6. The van der Waals surface area contributed by atoms with E-state index in [4.69, 9.17) is 4.74 Å². The van der Waals surface area contributed by atoms with Gasteiger partial charge in [-0.25, -0.2) is 8.42 Å². The third kappa shape index (κ3) is 1.54. The number of ether oxygens (including phenoxy) is 1. The van der Waals surface area contributed by atoms with Crippen LogP contribution in [0, 0.1) is 40.4 Å². The number of rotatable bonds is 2. The Morgan fingerprint density at radius 2 is 1.76 bits per heavy atom. The van der Waals surface area contributed by atoms with Crippen molar-refractivity contribution in [3.05, 3.63) is 0 Å². The van der Waals surface area contributed by atoms with Crippen LogP contribution in [0.2, 0.25) is 0 Å². The molecule has 2 aliphatic carbocycles. The molecule has 3 aliphatic rings. The number of nitriles is 1. The van der Waals surface area contributed by atoms with Crippen molar-refractivity contribution in [1.29, 1.82) is 5.26 Å². The number of fused-ring (bicyclic) bond motifs is 4. The largest absolute Gasteiger partial charge is 0.383 e. The zero-order chi connectivity index (χ0) is 12.3. The summed E-state index contributed by atoms with van der Waals surface area (Å²) in [4.78, 5) is 0. The average molecular weight is 255 g/mol. The minimum atomic E-state index is -2.79. The molecule has 0 radical (unpaired) electrons. The Bertz CT molecular complexity index is 452. The van der Waals surface area contributed by atoms with Crippen LogP contribution < -0.4 is 0 Å². The van der Waals surface area contributed by atoms with Gasteiger partial charge in [-0.2, -0.15) is 5.26 Å². The van der Waals surface area contributed by atoms with Crippen molar-refractivity contribution in [3.63, 3.8) is 0 Å². The lowest BCUT2D eigenvalue weighted by Crippen LogP contribution is -2.42. The summed E-state index contributed by atoms with van der Waals surface area (Å²) in [5, 5.41) is 9.33. The molecule has 0 N–H and O–H groups in total. The van der Waals surface area contributed by atoms with Gasteiger partial charge >= 0.3 is 0 Å². The molecule has 0 aromatic heterocycles. The van der Waals surface area contributed by atoms with Crippen LogP contribution in [-0.4, -0.2) is 33.6 Å². The Hall–Kier alpha value is -0.600. The molecule has 0 spiro atoms. The van der Waals surface area contributed by atoms with Crippen molar-refractivity contribution >= 4 is 9.84 Å². The van der Waals surface area contributed by atoms with Gasteiger partial charge in [0.05, 0.1) is 29.6 Å². The number of sulfone groups is 1. The van der Waals surface area contributed by atoms with E-state index in [0.29, 0.717) is 41.8 Å². The van der Waals surface area contributed by atoms with Crippen LogP contribution in [0.4, 0.5) is 0 Å². The molecule has 0 bridgehead atoms. The highest BCUT2D eigenvalue weighted by atomic mass is 32.2. The standard InChI is InChI=1S/C12H17NO3S/c1-16-7-12(6-13)2-8-9(3-12)11-5-17(14,15)4-10(8)11/h8-11H,2-5,7H2,1H3/t8-,9-,10+,11+/m1/s1. The Balaban J connectivity index is 1.79. The normalized spacial score (nSPS) is 44.5. The molecule has 3 fully saturated rings. The molecule has 5 heteroatoms. The van der Waals surface area contributed by atoms with Gasteiger partial charge in [-0.3, -0.25) is 0 Å². The summed E-state index contributed by atoms with van der Waals surface area (Å²) in [6.07, 6.45) is 1.66. The third-order valence-corrected chi connectivity index (χ3v) is 6.79. The van der Waals surface area contributed by atoms with Crippen molar-refractivity contribution < 1.29 is 13.2 Å². The lowest BCUT2D eigenvalue weighted by atomic mass is 9.60. The zero-order valence-corrected chi connectivity index (χ0v) is 10.7. The Kier molecular flexibility index (Phi) is 2.34. The van der Waals surface area contributed by atoms with Crippen LogP contribution in [0.3, 0.4) is 0 Å². The highest BCUT2D eigenvalue weighted by Crippen LogP contribution is 2.63. The topological polar surface area (TPSA) is 67.2 Å². The van der Waals surface area contributed by atoms with Crippen molar-refractivity contribution in [2.24, 2.45) is 29.1 Å². The molecule has 1 heterocycles. The fraction of sp³-hybridized carbons (Fsp3) is 0.917. The monoisotopic (exact) mass is 255 g/mol. The second-order valence-electron chi connectivity index (χ2n) is 5.97. The van der Waals surface area contributed by atoms with Crippen LogP contribution in [0.5, 0.6) is 0 Å². The van der Waals surface area contributed by atoms with Crippen molar-refractivity contribution in [1.82, 2.24) is 0 Å². The van der Waals surface area contributed by atoms with Gasteiger partial charge in [-0.1, -0.05) is 0 Å². The van der Waals surface area contributed by atoms with E-state index in [1.54, 1.807) is 7.11 Å². The maximum absolute atomic E-state index is 11.6. The van der Waals surface area contributed by atoms with E-state index in [-0.39, 0.29) is 5.41 Å². The molecule has 1 aliphatic heterocycles. The van der Waals surface area contributed by atoms with E-state index in [9.17, 15) is 13.7 Å². The van der Waals surface area contributed by atoms with Gasteiger partial charge in [0.15, 0.2) is 9.84 Å². The first-order valence-corrected chi connectivity index (χ1v) is 7.93. The lowest BCUT2D eigenvalue weighted by Gasteiger charge is -2.43. The van der Waals surface area contributed by atoms with Gasteiger partial charge in [0, 0.05) is 7.11 Å². The molecule has 1 saturated heterocycles. The molecular formula is C12H17NO3S. The van der Waals surface area contributed by atoms with Gasteiger partial charge in [-0.05, 0) is 36.5 Å². The van der Waals surface area contributed by atoms with E-state index in [1.165, 1.54) is 0 Å². The summed E-state index contributed by atoms with van der Waals surface area (Å²) in [7, 11) is -1.17. The zero-order valence-electron chi connectivity index (χ0n) is 9.93. The molecule has 2 saturated carbocycles. The predicted octanol–water partition coefficient (Wildman–Crippen LogP) is 0.843. The predicted molar refractivity (Wildman–Crippen MR) is 61.8 cm³/mol. The fourth-order valence-corrected chi connectivity index (χ4v) is 6.68. The Labute approximate surface area is 102 Å². The van der Waals surface area contributed by atoms with E-state index >= 15 is 0 Å². The summed E-state index contributed by atoms with van der Waals surface area (Å²) >= 11 is 0. The molecule has 0 unspecified atom stereocenters. The van der Waals surface area contributed by atoms with Crippen molar-refractivity contribution in [2.75, 3.05) is 25.2 Å². The minimum absolute atomic E-state index is 0.331. The first-order chi connectivity index (χ1) is 8.00. The van der Waals surface area contributed by atoms with Gasteiger partial charge in [0.1, 0.15) is 0 Å². The number of methoxy groups -OCH3 is 1. The Morgan fingerprint density at radius 1 is 1.24 bits per heavy atom. The number of nitrogens with zero attached hydrogens (tertiary/aromatic N) is 1.